The Morgan fingerprint density at radius 1 is 1.06 bits per heavy atom. The highest BCUT2D eigenvalue weighted by atomic mass is 35.5. The van der Waals surface area contributed by atoms with Gasteiger partial charge in [0, 0.05) is 41.8 Å². The lowest BCUT2D eigenvalue weighted by molar-refractivity contribution is -0.140. The van der Waals surface area contributed by atoms with Gasteiger partial charge in [0.05, 0.1) is 24.8 Å². The molecule has 0 spiro atoms. The van der Waals surface area contributed by atoms with E-state index in [0.717, 1.165) is 25.2 Å². The van der Waals surface area contributed by atoms with Gasteiger partial charge in [-0.3, -0.25) is 14.5 Å². The fourth-order valence-corrected chi connectivity index (χ4v) is 4.83. The van der Waals surface area contributed by atoms with Crippen LogP contribution in [0.3, 0.4) is 0 Å². The van der Waals surface area contributed by atoms with Crippen LogP contribution in [0.4, 0.5) is 0 Å². The molecule has 2 aliphatic heterocycles. The highest BCUT2D eigenvalue weighted by molar-refractivity contribution is 6.47. The summed E-state index contributed by atoms with van der Waals surface area (Å²) < 4.78 is 5.39. The molecule has 2 fully saturated rings. The minimum Gasteiger partial charge on any atom is -0.507 e. The lowest BCUT2D eigenvalue weighted by Gasteiger charge is -2.29. The molecule has 2 aromatic carbocycles. The summed E-state index contributed by atoms with van der Waals surface area (Å²) in [4.78, 5) is 30.0. The number of halogens is 2. The Labute approximate surface area is 203 Å². The molecule has 8 heteroatoms. The Morgan fingerprint density at radius 3 is 2.42 bits per heavy atom. The summed E-state index contributed by atoms with van der Waals surface area (Å²) in [5.41, 5.74) is 2.09. The number of ether oxygens (including phenoxy) is 1. The first kappa shape index (κ1) is 23.8. The second-order valence-corrected chi connectivity index (χ2v) is 9.18. The van der Waals surface area contributed by atoms with E-state index in [1.165, 1.54) is 4.90 Å². The Bertz CT molecular complexity index is 1080. The number of hydrogen-bond donors (Lipinski definition) is 1. The van der Waals surface area contributed by atoms with Crippen LogP contribution in [-0.2, 0) is 14.3 Å². The van der Waals surface area contributed by atoms with Crippen LogP contribution < -0.4 is 0 Å². The Morgan fingerprint density at radius 2 is 1.76 bits per heavy atom. The summed E-state index contributed by atoms with van der Waals surface area (Å²) in [5, 5.41) is 11.9. The van der Waals surface area contributed by atoms with Gasteiger partial charge >= 0.3 is 0 Å². The van der Waals surface area contributed by atoms with Crippen LogP contribution >= 0.6 is 23.2 Å². The standard InChI is InChI=1S/C25H26Cl2N2O4/c1-16-3-5-17(6-4-16)23(30)21-22(19-8-7-18(26)15-20(19)27)29(25(32)24(21)31)10-2-9-28-11-13-33-14-12-28/h3-8,15,22,30H,2,9-14H2,1H3/t22-/m0/s1. The zero-order valence-corrected chi connectivity index (χ0v) is 19.9. The van der Waals surface area contributed by atoms with Gasteiger partial charge < -0.3 is 14.7 Å². The van der Waals surface area contributed by atoms with E-state index in [-0.39, 0.29) is 11.3 Å². The highest BCUT2D eigenvalue weighted by Crippen LogP contribution is 2.42. The molecule has 1 atom stereocenters. The number of aliphatic hydroxyl groups excluding tert-OH is 1. The van der Waals surface area contributed by atoms with Gasteiger partial charge in [0.15, 0.2) is 0 Å². The second-order valence-electron chi connectivity index (χ2n) is 8.33. The van der Waals surface area contributed by atoms with Crippen molar-refractivity contribution in [3.05, 3.63) is 74.8 Å². The maximum atomic E-state index is 13.1. The van der Waals surface area contributed by atoms with E-state index in [0.29, 0.717) is 47.4 Å². The number of carbonyl (C=O) groups is 2. The summed E-state index contributed by atoms with van der Waals surface area (Å²) >= 11 is 12.6. The van der Waals surface area contributed by atoms with Gasteiger partial charge in [0.1, 0.15) is 5.76 Å². The van der Waals surface area contributed by atoms with Crippen molar-refractivity contribution in [2.45, 2.75) is 19.4 Å². The molecule has 33 heavy (non-hydrogen) atoms. The van der Waals surface area contributed by atoms with Gasteiger partial charge in [-0.1, -0.05) is 59.1 Å². The van der Waals surface area contributed by atoms with E-state index >= 15 is 0 Å². The first-order valence-corrected chi connectivity index (χ1v) is 11.7. The smallest absolute Gasteiger partial charge is 0.295 e. The topological polar surface area (TPSA) is 70.1 Å². The van der Waals surface area contributed by atoms with Crippen molar-refractivity contribution >= 4 is 40.7 Å². The minimum atomic E-state index is -0.791. The molecule has 1 N–H and O–H groups in total. The van der Waals surface area contributed by atoms with E-state index in [1.807, 2.05) is 19.1 Å². The predicted octanol–water partition coefficient (Wildman–Crippen LogP) is 4.45. The van der Waals surface area contributed by atoms with Gasteiger partial charge in [-0.05, 0) is 31.0 Å². The van der Waals surface area contributed by atoms with E-state index in [1.54, 1.807) is 30.3 Å². The van der Waals surface area contributed by atoms with Gasteiger partial charge in [-0.15, -0.1) is 0 Å². The summed E-state index contributed by atoms with van der Waals surface area (Å²) in [6, 6.07) is 11.3. The Hall–Kier alpha value is -2.38. The molecule has 6 nitrogen and oxygen atoms in total. The third kappa shape index (κ3) is 5.09. The first-order chi connectivity index (χ1) is 15.9. The maximum absolute atomic E-state index is 13.1. The lowest BCUT2D eigenvalue weighted by atomic mass is 9.95. The van der Waals surface area contributed by atoms with Gasteiger partial charge in [-0.25, -0.2) is 0 Å². The van der Waals surface area contributed by atoms with Crippen molar-refractivity contribution in [1.82, 2.24) is 9.80 Å². The number of Topliss-reactive ketones (excluding diaryl/α,β-unsaturated/α-hetero) is 1. The number of carbonyl (C=O) groups excluding carboxylic acids is 2. The average molecular weight is 489 g/mol. The number of aryl methyl sites for hydroxylation is 1. The van der Waals surface area contributed by atoms with Crippen LogP contribution in [0.15, 0.2) is 48.0 Å². The number of morpholine rings is 1. The molecule has 1 amide bonds. The predicted molar refractivity (Wildman–Crippen MR) is 129 cm³/mol. The molecule has 0 aliphatic carbocycles. The number of rotatable bonds is 6. The van der Waals surface area contributed by atoms with Crippen molar-refractivity contribution in [2.24, 2.45) is 0 Å². The third-order valence-electron chi connectivity index (χ3n) is 6.10. The maximum Gasteiger partial charge on any atom is 0.295 e. The number of ketones is 1. The van der Waals surface area contributed by atoms with Crippen LogP contribution in [0.25, 0.3) is 5.76 Å². The number of aliphatic hydroxyl groups is 1. The highest BCUT2D eigenvalue weighted by Gasteiger charge is 2.46. The number of benzene rings is 2. The largest absolute Gasteiger partial charge is 0.507 e. The van der Waals surface area contributed by atoms with Crippen molar-refractivity contribution in [2.75, 3.05) is 39.4 Å². The van der Waals surface area contributed by atoms with Crippen LogP contribution in [0.5, 0.6) is 0 Å². The SMILES string of the molecule is Cc1ccc(C(O)=C2C(=O)C(=O)N(CCCN3CCOCC3)[C@H]2c2ccc(Cl)cc2Cl)cc1. The molecule has 0 saturated carbocycles. The summed E-state index contributed by atoms with van der Waals surface area (Å²) in [5.74, 6) is -1.56. The van der Waals surface area contributed by atoms with E-state index in [4.69, 9.17) is 27.9 Å². The summed E-state index contributed by atoms with van der Waals surface area (Å²) in [6.07, 6.45) is 0.680. The van der Waals surface area contributed by atoms with Crippen molar-refractivity contribution in [1.29, 1.82) is 0 Å². The van der Waals surface area contributed by atoms with Gasteiger partial charge in [0.2, 0.25) is 0 Å². The van der Waals surface area contributed by atoms with Crippen LogP contribution in [0.1, 0.15) is 29.2 Å². The molecule has 0 unspecified atom stereocenters. The van der Waals surface area contributed by atoms with Crippen LogP contribution in [0, 0.1) is 6.92 Å². The lowest BCUT2D eigenvalue weighted by Crippen LogP contribution is -2.39. The fraction of sp³-hybridized carbons (Fsp3) is 0.360. The monoisotopic (exact) mass is 488 g/mol. The molecule has 0 bridgehead atoms. The van der Waals surface area contributed by atoms with E-state index in [9.17, 15) is 14.7 Å². The van der Waals surface area contributed by atoms with Gasteiger partial charge in [-0.2, -0.15) is 0 Å². The van der Waals surface area contributed by atoms with E-state index < -0.39 is 17.7 Å². The second kappa shape index (κ2) is 10.3. The minimum absolute atomic E-state index is 0.0412. The van der Waals surface area contributed by atoms with Crippen LogP contribution in [0.2, 0.25) is 10.0 Å². The molecule has 174 valence electrons. The van der Waals surface area contributed by atoms with Crippen molar-refractivity contribution in [3.63, 3.8) is 0 Å². The molecular weight excluding hydrogens is 463 g/mol. The molecular formula is C25H26Cl2N2O4. The molecule has 2 heterocycles. The van der Waals surface area contributed by atoms with Crippen molar-refractivity contribution in [3.8, 4) is 0 Å². The normalized spacial score (nSPS) is 21.1. The molecule has 0 radical (unpaired) electrons. The number of nitrogens with zero attached hydrogens (tertiary/aromatic N) is 2. The average Bonchev–Trinajstić information content (AvgIpc) is 3.05. The molecule has 2 aliphatic rings. The summed E-state index contributed by atoms with van der Waals surface area (Å²) in [6.45, 7) is 6.16. The molecule has 4 rings (SSSR count). The molecule has 2 saturated heterocycles. The third-order valence-corrected chi connectivity index (χ3v) is 6.66. The zero-order valence-electron chi connectivity index (χ0n) is 18.4. The summed E-state index contributed by atoms with van der Waals surface area (Å²) in [7, 11) is 0. The zero-order chi connectivity index (χ0) is 23.5. The van der Waals surface area contributed by atoms with E-state index in [2.05, 4.69) is 4.90 Å². The fourth-order valence-electron chi connectivity index (χ4n) is 4.31. The number of likely N-dealkylation sites (tertiary alicyclic amines) is 1. The number of amides is 1. The molecule has 2 aromatic rings. The molecule has 0 aromatic heterocycles. The van der Waals surface area contributed by atoms with Crippen LogP contribution in [-0.4, -0.2) is 66.0 Å². The Balaban J connectivity index is 1.70. The number of hydrogen-bond acceptors (Lipinski definition) is 5. The Kier molecular flexibility index (Phi) is 7.39. The first-order valence-electron chi connectivity index (χ1n) is 11.0. The quantitative estimate of drug-likeness (QED) is 0.369. The van der Waals surface area contributed by atoms with Crippen molar-refractivity contribution < 1.29 is 19.4 Å². The van der Waals surface area contributed by atoms with Gasteiger partial charge in [0.25, 0.3) is 11.7 Å².